The molecule has 1 unspecified atom stereocenters. The fourth-order valence-electron chi connectivity index (χ4n) is 3.38. The number of hydrogen-bond donors (Lipinski definition) is 2. The highest BCUT2D eigenvalue weighted by Crippen LogP contribution is 2.23. The van der Waals surface area contributed by atoms with Crippen molar-refractivity contribution in [1.29, 1.82) is 0 Å². The van der Waals surface area contributed by atoms with Crippen molar-refractivity contribution in [3.8, 4) is 0 Å². The Morgan fingerprint density at radius 1 is 1.21 bits per heavy atom. The van der Waals surface area contributed by atoms with Crippen molar-refractivity contribution in [2.24, 2.45) is 0 Å². The molecule has 6 nitrogen and oxygen atoms in total. The standard InChI is InChI=1S/C17H25N3O3S/c1-17(8-11-24(22,23)13-17)18-12-16(21)19-14-4-6-15(7-5-14)20-9-2-3-10-20/h4-7,18H,2-3,8-13H2,1H3,(H,19,21). The highest BCUT2D eigenvalue weighted by Gasteiger charge is 2.38. The van der Waals surface area contributed by atoms with Crippen molar-refractivity contribution in [3.05, 3.63) is 24.3 Å². The van der Waals surface area contributed by atoms with Crippen LogP contribution in [0.1, 0.15) is 26.2 Å². The number of amides is 1. The fraction of sp³-hybridized carbons (Fsp3) is 0.588. The molecule has 1 aromatic carbocycles. The monoisotopic (exact) mass is 351 g/mol. The van der Waals surface area contributed by atoms with Crippen LogP contribution in [-0.2, 0) is 14.6 Å². The predicted octanol–water partition coefficient (Wildman–Crippen LogP) is 1.39. The number of hydrogen-bond acceptors (Lipinski definition) is 5. The molecule has 132 valence electrons. The topological polar surface area (TPSA) is 78.5 Å². The van der Waals surface area contributed by atoms with Gasteiger partial charge in [-0.3, -0.25) is 4.79 Å². The van der Waals surface area contributed by atoms with E-state index in [-0.39, 0.29) is 24.0 Å². The molecule has 1 atom stereocenters. The molecule has 1 aromatic rings. The lowest BCUT2D eigenvalue weighted by Gasteiger charge is -2.23. The first-order chi connectivity index (χ1) is 11.4. The molecule has 2 aliphatic heterocycles. The van der Waals surface area contributed by atoms with Crippen LogP contribution in [0.25, 0.3) is 0 Å². The highest BCUT2D eigenvalue weighted by atomic mass is 32.2. The predicted molar refractivity (Wildman–Crippen MR) is 96.2 cm³/mol. The second-order valence-electron chi connectivity index (χ2n) is 7.05. The zero-order valence-electron chi connectivity index (χ0n) is 14.0. The van der Waals surface area contributed by atoms with Crippen LogP contribution in [0.15, 0.2) is 24.3 Å². The first-order valence-electron chi connectivity index (χ1n) is 8.46. The minimum atomic E-state index is -2.97. The van der Waals surface area contributed by atoms with Gasteiger partial charge < -0.3 is 15.5 Å². The average Bonchev–Trinajstić information content (AvgIpc) is 3.15. The van der Waals surface area contributed by atoms with Crippen molar-refractivity contribution in [3.63, 3.8) is 0 Å². The summed E-state index contributed by atoms with van der Waals surface area (Å²) < 4.78 is 23.2. The Balaban J connectivity index is 1.50. The minimum Gasteiger partial charge on any atom is -0.372 e. The molecule has 0 spiro atoms. The van der Waals surface area contributed by atoms with E-state index in [9.17, 15) is 13.2 Å². The second-order valence-corrected chi connectivity index (χ2v) is 9.23. The van der Waals surface area contributed by atoms with Crippen molar-refractivity contribution in [2.75, 3.05) is 41.4 Å². The van der Waals surface area contributed by atoms with Gasteiger partial charge in [-0.15, -0.1) is 0 Å². The van der Waals surface area contributed by atoms with Crippen LogP contribution in [0.4, 0.5) is 11.4 Å². The molecule has 7 heteroatoms. The Labute approximate surface area is 143 Å². The number of carbonyl (C=O) groups is 1. The summed E-state index contributed by atoms with van der Waals surface area (Å²) in [5.41, 5.74) is 1.44. The van der Waals surface area contributed by atoms with E-state index < -0.39 is 15.4 Å². The molecule has 0 saturated carbocycles. The first-order valence-corrected chi connectivity index (χ1v) is 10.3. The lowest BCUT2D eigenvalue weighted by Crippen LogP contribution is -2.46. The quantitative estimate of drug-likeness (QED) is 0.838. The van der Waals surface area contributed by atoms with Crippen LogP contribution in [0, 0.1) is 0 Å². The first kappa shape index (κ1) is 17.2. The average molecular weight is 351 g/mol. The van der Waals surface area contributed by atoms with Gasteiger partial charge in [-0.2, -0.15) is 0 Å². The fourth-order valence-corrected chi connectivity index (χ4v) is 5.50. The molecule has 2 saturated heterocycles. The molecule has 0 aromatic heterocycles. The molecule has 3 rings (SSSR count). The van der Waals surface area contributed by atoms with Crippen molar-refractivity contribution in [1.82, 2.24) is 5.32 Å². The van der Waals surface area contributed by atoms with E-state index in [0.717, 1.165) is 18.8 Å². The molecular formula is C17H25N3O3S. The number of benzene rings is 1. The minimum absolute atomic E-state index is 0.0951. The maximum atomic E-state index is 12.1. The normalized spacial score (nSPS) is 25.8. The van der Waals surface area contributed by atoms with E-state index in [1.54, 1.807) is 0 Å². The maximum absolute atomic E-state index is 12.1. The van der Waals surface area contributed by atoms with E-state index in [0.29, 0.717) is 6.42 Å². The van der Waals surface area contributed by atoms with Crippen LogP contribution < -0.4 is 15.5 Å². The Morgan fingerprint density at radius 3 is 2.46 bits per heavy atom. The third kappa shape index (κ3) is 4.27. The number of nitrogens with zero attached hydrogens (tertiary/aromatic N) is 1. The number of carbonyl (C=O) groups excluding carboxylic acids is 1. The van der Waals surface area contributed by atoms with E-state index in [2.05, 4.69) is 15.5 Å². The number of rotatable bonds is 5. The Morgan fingerprint density at radius 2 is 1.88 bits per heavy atom. The summed E-state index contributed by atoms with van der Waals surface area (Å²) in [6.45, 7) is 4.16. The third-order valence-electron chi connectivity index (χ3n) is 4.80. The summed E-state index contributed by atoms with van der Waals surface area (Å²) in [4.78, 5) is 14.4. The lowest BCUT2D eigenvalue weighted by molar-refractivity contribution is -0.115. The molecule has 2 heterocycles. The number of nitrogens with one attached hydrogen (secondary N) is 2. The van der Waals surface area contributed by atoms with Crippen molar-refractivity contribution in [2.45, 2.75) is 31.7 Å². The van der Waals surface area contributed by atoms with Gasteiger partial charge in [0.2, 0.25) is 5.91 Å². The molecule has 1 amide bonds. The highest BCUT2D eigenvalue weighted by molar-refractivity contribution is 7.91. The van der Waals surface area contributed by atoms with E-state index in [1.165, 1.54) is 18.5 Å². The molecular weight excluding hydrogens is 326 g/mol. The zero-order chi connectivity index (χ0) is 17.2. The van der Waals surface area contributed by atoms with Crippen molar-refractivity contribution < 1.29 is 13.2 Å². The molecule has 2 N–H and O–H groups in total. The summed E-state index contributed by atoms with van der Waals surface area (Å²) >= 11 is 0. The van der Waals surface area contributed by atoms with Gasteiger partial charge in [-0.1, -0.05) is 0 Å². The van der Waals surface area contributed by atoms with E-state index in [1.807, 2.05) is 31.2 Å². The summed E-state index contributed by atoms with van der Waals surface area (Å²) in [7, 11) is -2.97. The molecule has 0 bridgehead atoms. The van der Waals surface area contributed by atoms with Gasteiger partial charge in [-0.05, 0) is 50.5 Å². The molecule has 2 aliphatic rings. The SMILES string of the molecule is CC1(NCC(=O)Nc2ccc(N3CCCC3)cc2)CCS(=O)(=O)C1. The van der Waals surface area contributed by atoms with Crippen molar-refractivity contribution >= 4 is 27.1 Å². The van der Waals surface area contributed by atoms with Gasteiger partial charge >= 0.3 is 0 Å². The molecule has 0 aliphatic carbocycles. The van der Waals surface area contributed by atoms with E-state index >= 15 is 0 Å². The van der Waals surface area contributed by atoms with Gasteiger partial charge in [0.15, 0.2) is 9.84 Å². The van der Waals surface area contributed by atoms with E-state index in [4.69, 9.17) is 0 Å². The van der Waals surface area contributed by atoms with Crippen LogP contribution in [0.5, 0.6) is 0 Å². The molecule has 0 radical (unpaired) electrons. The summed E-state index contributed by atoms with van der Waals surface area (Å²) in [5.74, 6) is 0.128. The van der Waals surface area contributed by atoms with Crippen LogP contribution >= 0.6 is 0 Å². The smallest absolute Gasteiger partial charge is 0.238 e. The van der Waals surface area contributed by atoms with Crippen LogP contribution in [-0.4, -0.2) is 51.0 Å². The van der Waals surface area contributed by atoms with Gasteiger partial charge in [0.05, 0.1) is 18.1 Å². The van der Waals surface area contributed by atoms with Gasteiger partial charge in [0.25, 0.3) is 0 Å². The Bertz CT molecular complexity index is 696. The van der Waals surface area contributed by atoms with Crippen LogP contribution in [0.3, 0.4) is 0 Å². The summed E-state index contributed by atoms with van der Waals surface area (Å²) in [6.07, 6.45) is 3.02. The second kappa shape index (κ2) is 6.72. The Hall–Kier alpha value is -1.60. The molecule has 2 fully saturated rings. The maximum Gasteiger partial charge on any atom is 0.238 e. The number of anilines is 2. The van der Waals surface area contributed by atoms with Crippen LogP contribution in [0.2, 0.25) is 0 Å². The lowest BCUT2D eigenvalue weighted by atomic mass is 10.0. The van der Waals surface area contributed by atoms with Gasteiger partial charge in [0, 0.05) is 30.0 Å². The largest absolute Gasteiger partial charge is 0.372 e. The third-order valence-corrected chi connectivity index (χ3v) is 6.70. The summed E-state index contributed by atoms with van der Waals surface area (Å²) in [6, 6.07) is 7.87. The molecule has 24 heavy (non-hydrogen) atoms. The Kier molecular flexibility index (Phi) is 4.83. The van der Waals surface area contributed by atoms with Gasteiger partial charge in [-0.25, -0.2) is 8.42 Å². The zero-order valence-corrected chi connectivity index (χ0v) is 14.9. The number of sulfone groups is 1. The summed E-state index contributed by atoms with van der Waals surface area (Å²) in [5, 5.41) is 5.94. The van der Waals surface area contributed by atoms with Gasteiger partial charge in [0.1, 0.15) is 0 Å².